The summed E-state index contributed by atoms with van der Waals surface area (Å²) in [5, 5.41) is 1.28. The molecular weight excluding hydrogens is 383 g/mol. The van der Waals surface area contributed by atoms with E-state index in [2.05, 4.69) is 16.0 Å². The van der Waals surface area contributed by atoms with Gasteiger partial charge in [-0.3, -0.25) is 19.2 Å². The van der Waals surface area contributed by atoms with E-state index in [4.69, 9.17) is 28.2 Å². The topological polar surface area (TPSA) is 51.0 Å². The van der Waals surface area contributed by atoms with Gasteiger partial charge in [-0.15, -0.1) is 0 Å². The molecule has 1 saturated heterocycles. The molecule has 0 bridgehead atoms. The summed E-state index contributed by atoms with van der Waals surface area (Å²) in [5.74, 6) is 1.01. The fourth-order valence-electron chi connectivity index (χ4n) is 3.81. The number of likely N-dealkylation sites (tertiary alicyclic amines) is 1. The van der Waals surface area contributed by atoms with Crippen LogP contribution in [-0.2, 0) is 13.6 Å². The van der Waals surface area contributed by atoms with Crippen LogP contribution in [0, 0.1) is 0 Å². The van der Waals surface area contributed by atoms with E-state index in [0.29, 0.717) is 20.9 Å². The number of rotatable bonds is 3. The number of benzene rings is 1. The predicted molar refractivity (Wildman–Crippen MR) is 108 cm³/mol. The van der Waals surface area contributed by atoms with E-state index in [1.54, 1.807) is 29.9 Å². The Morgan fingerprint density at radius 1 is 1.26 bits per heavy atom. The zero-order valence-electron chi connectivity index (χ0n) is 15.0. The molecule has 1 aliphatic rings. The van der Waals surface area contributed by atoms with Gasteiger partial charge in [0.1, 0.15) is 5.82 Å². The fourth-order valence-corrected chi connectivity index (χ4v) is 4.13. The van der Waals surface area contributed by atoms with E-state index in [1.807, 2.05) is 12.3 Å². The monoisotopic (exact) mass is 402 g/mol. The fraction of sp³-hybridized carbons (Fsp3) is 0.350. The number of pyridine rings is 1. The van der Waals surface area contributed by atoms with Gasteiger partial charge in [-0.05, 0) is 43.1 Å². The lowest BCUT2D eigenvalue weighted by Crippen LogP contribution is -2.36. The zero-order valence-corrected chi connectivity index (χ0v) is 16.5. The third kappa shape index (κ3) is 3.72. The summed E-state index contributed by atoms with van der Waals surface area (Å²) in [7, 11) is 1.78. The van der Waals surface area contributed by atoms with Crippen molar-refractivity contribution in [2.75, 3.05) is 13.1 Å². The van der Waals surface area contributed by atoms with Crippen LogP contribution in [0.3, 0.4) is 0 Å². The van der Waals surface area contributed by atoms with Gasteiger partial charge >= 0.3 is 0 Å². The molecule has 3 aromatic rings. The largest absolute Gasteiger partial charge is 0.299 e. The summed E-state index contributed by atoms with van der Waals surface area (Å²) < 4.78 is 1.66. The Balaban J connectivity index is 1.66. The highest BCUT2D eigenvalue weighted by Crippen LogP contribution is 2.29. The second kappa shape index (κ2) is 7.58. The molecule has 1 atom stereocenters. The van der Waals surface area contributed by atoms with Crippen molar-refractivity contribution in [1.82, 2.24) is 19.4 Å². The number of halogens is 2. The SMILES string of the molecule is Cn1c([C@@H]2CCCN(Cc3cccnc3)C2)nc2cc(Cl)c(Cl)cc2c1=O. The molecule has 27 heavy (non-hydrogen) atoms. The highest BCUT2D eigenvalue weighted by atomic mass is 35.5. The van der Waals surface area contributed by atoms with Gasteiger partial charge in [0.15, 0.2) is 0 Å². The smallest absolute Gasteiger partial charge is 0.261 e. The van der Waals surface area contributed by atoms with Crippen molar-refractivity contribution in [2.45, 2.75) is 25.3 Å². The van der Waals surface area contributed by atoms with Crippen LogP contribution in [0.25, 0.3) is 10.9 Å². The van der Waals surface area contributed by atoms with Gasteiger partial charge in [-0.2, -0.15) is 0 Å². The van der Waals surface area contributed by atoms with Gasteiger partial charge in [-0.1, -0.05) is 29.3 Å². The molecule has 0 radical (unpaired) electrons. The highest BCUT2D eigenvalue weighted by Gasteiger charge is 2.25. The molecule has 3 heterocycles. The zero-order chi connectivity index (χ0) is 19.0. The minimum absolute atomic E-state index is 0.0852. The number of hydrogen-bond donors (Lipinski definition) is 0. The Bertz CT molecular complexity index is 1040. The number of aromatic nitrogens is 3. The Labute approximate surface area is 167 Å². The lowest BCUT2D eigenvalue weighted by molar-refractivity contribution is 0.194. The Morgan fingerprint density at radius 2 is 2.07 bits per heavy atom. The predicted octanol–water partition coefficient (Wildman–Crippen LogP) is 4.01. The van der Waals surface area contributed by atoms with Crippen molar-refractivity contribution < 1.29 is 0 Å². The summed E-state index contributed by atoms with van der Waals surface area (Å²) >= 11 is 12.2. The third-order valence-corrected chi connectivity index (χ3v) is 5.87. The maximum absolute atomic E-state index is 12.8. The lowest BCUT2D eigenvalue weighted by Gasteiger charge is -2.33. The maximum Gasteiger partial charge on any atom is 0.261 e. The average molecular weight is 403 g/mol. The summed E-state index contributed by atoms with van der Waals surface area (Å²) in [4.78, 5) is 24.2. The molecule has 1 fully saturated rings. The molecule has 4 rings (SSSR count). The van der Waals surface area contributed by atoms with Crippen molar-refractivity contribution in [3.8, 4) is 0 Å². The maximum atomic E-state index is 12.8. The van der Waals surface area contributed by atoms with E-state index in [-0.39, 0.29) is 11.5 Å². The minimum Gasteiger partial charge on any atom is -0.299 e. The van der Waals surface area contributed by atoms with Gasteiger partial charge in [0, 0.05) is 38.4 Å². The minimum atomic E-state index is -0.0852. The van der Waals surface area contributed by atoms with E-state index in [9.17, 15) is 4.79 Å². The average Bonchev–Trinajstić information content (AvgIpc) is 2.67. The molecule has 0 amide bonds. The molecule has 0 aliphatic carbocycles. The normalized spacial score (nSPS) is 18.1. The first-order valence-corrected chi connectivity index (χ1v) is 9.75. The van der Waals surface area contributed by atoms with Crippen LogP contribution in [-0.4, -0.2) is 32.5 Å². The van der Waals surface area contributed by atoms with Crippen LogP contribution in [0.2, 0.25) is 10.0 Å². The molecule has 1 aliphatic heterocycles. The van der Waals surface area contributed by atoms with Crippen molar-refractivity contribution in [3.63, 3.8) is 0 Å². The van der Waals surface area contributed by atoms with Crippen molar-refractivity contribution >= 4 is 34.1 Å². The molecule has 0 unspecified atom stereocenters. The summed E-state index contributed by atoms with van der Waals surface area (Å²) in [6.45, 7) is 2.75. The quantitative estimate of drug-likeness (QED) is 0.663. The molecule has 2 aromatic heterocycles. The lowest BCUT2D eigenvalue weighted by atomic mass is 9.96. The molecule has 0 saturated carbocycles. The molecule has 5 nitrogen and oxygen atoms in total. The Morgan fingerprint density at radius 3 is 2.85 bits per heavy atom. The van der Waals surface area contributed by atoms with E-state index in [0.717, 1.165) is 38.3 Å². The van der Waals surface area contributed by atoms with Gasteiger partial charge in [0.05, 0.1) is 20.9 Å². The van der Waals surface area contributed by atoms with Crippen LogP contribution >= 0.6 is 23.2 Å². The van der Waals surface area contributed by atoms with Gasteiger partial charge < -0.3 is 0 Å². The second-order valence-corrected chi connectivity index (χ2v) is 7.87. The first kappa shape index (κ1) is 18.4. The molecule has 140 valence electrons. The second-order valence-electron chi connectivity index (χ2n) is 7.05. The summed E-state index contributed by atoms with van der Waals surface area (Å²) in [6, 6.07) is 7.33. The summed E-state index contributed by atoms with van der Waals surface area (Å²) in [5.41, 5.74) is 1.71. The number of piperidine rings is 1. The molecular formula is C20H20Cl2N4O. The van der Waals surface area contributed by atoms with Crippen LogP contribution < -0.4 is 5.56 Å². The van der Waals surface area contributed by atoms with Gasteiger partial charge in [0.25, 0.3) is 5.56 Å². The van der Waals surface area contributed by atoms with E-state index < -0.39 is 0 Å². The molecule has 0 N–H and O–H groups in total. The van der Waals surface area contributed by atoms with Crippen LogP contribution in [0.5, 0.6) is 0 Å². The first-order valence-electron chi connectivity index (χ1n) is 9.00. The number of fused-ring (bicyclic) bond motifs is 1. The van der Waals surface area contributed by atoms with E-state index >= 15 is 0 Å². The number of nitrogens with zero attached hydrogens (tertiary/aromatic N) is 4. The molecule has 1 aromatic carbocycles. The van der Waals surface area contributed by atoms with Crippen molar-refractivity contribution in [2.24, 2.45) is 7.05 Å². The van der Waals surface area contributed by atoms with Gasteiger partial charge in [-0.25, -0.2) is 4.98 Å². The van der Waals surface area contributed by atoms with Crippen molar-refractivity contribution in [1.29, 1.82) is 0 Å². The molecule has 0 spiro atoms. The third-order valence-electron chi connectivity index (χ3n) is 5.15. The summed E-state index contributed by atoms with van der Waals surface area (Å²) in [6.07, 6.45) is 5.77. The highest BCUT2D eigenvalue weighted by molar-refractivity contribution is 6.42. The first-order chi connectivity index (χ1) is 13.0. The molecule has 7 heteroatoms. The van der Waals surface area contributed by atoms with Crippen molar-refractivity contribution in [3.05, 3.63) is 68.4 Å². The number of hydrogen-bond acceptors (Lipinski definition) is 4. The Kier molecular flexibility index (Phi) is 5.17. The van der Waals surface area contributed by atoms with Crippen LogP contribution in [0.15, 0.2) is 41.5 Å². The van der Waals surface area contributed by atoms with Crippen LogP contribution in [0.1, 0.15) is 30.1 Å². The van der Waals surface area contributed by atoms with Gasteiger partial charge in [0.2, 0.25) is 0 Å². The Hall–Kier alpha value is -1.95. The standard InChI is InChI=1S/C20H20Cl2N4O/c1-25-19(24-18-9-17(22)16(21)8-15(18)20(25)27)14-5-3-7-26(12-14)11-13-4-2-6-23-10-13/h2,4,6,8-10,14H,3,5,7,11-12H2,1H3/t14-/m1/s1. The van der Waals surface area contributed by atoms with E-state index in [1.165, 1.54) is 5.56 Å². The van der Waals surface area contributed by atoms with Crippen LogP contribution in [0.4, 0.5) is 0 Å².